The fourth-order valence-corrected chi connectivity index (χ4v) is 5.78. The summed E-state index contributed by atoms with van der Waals surface area (Å²) in [6, 6.07) is 19.2. The van der Waals surface area contributed by atoms with Crippen molar-refractivity contribution >= 4 is 31.0 Å². The number of ether oxygens (including phenoxy) is 1. The van der Waals surface area contributed by atoms with Crippen molar-refractivity contribution in [2.45, 2.75) is 29.7 Å². The number of aromatic nitrogens is 1. The molecule has 0 unspecified atom stereocenters. The predicted molar refractivity (Wildman–Crippen MR) is 132 cm³/mol. The first kappa shape index (κ1) is 24.9. The molecule has 0 amide bonds. The van der Waals surface area contributed by atoms with E-state index in [0.29, 0.717) is 10.9 Å². The summed E-state index contributed by atoms with van der Waals surface area (Å²) < 4.78 is 63.4. The van der Waals surface area contributed by atoms with Gasteiger partial charge in [-0.05, 0) is 56.3 Å². The van der Waals surface area contributed by atoms with Gasteiger partial charge in [0, 0.05) is 11.6 Å². The van der Waals surface area contributed by atoms with Gasteiger partial charge in [-0.1, -0.05) is 41.5 Å². The molecule has 0 aliphatic heterocycles. The van der Waals surface area contributed by atoms with Crippen LogP contribution < -0.4 is 4.74 Å². The third-order valence-corrected chi connectivity index (χ3v) is 8.45. The number of fused-ring (bicyclic) bond motifs is 1. The van der Waals surface area contributed by atoms with Crippen molar-refractivity contribution in [1.29, 1.82) is 0 Å². The smallest absolute Gasteiger partial charge is 0.297 e. The molecule has 0 aliphatic carbocycles. The Morgan fingerprint density at radius 2 is 1.43 bits per heavy atom. The first-order chi connectivity index (χ1) is 16.6. The molecule has 4 aromatic rings. The minimum absolute atomic E-state index is 0.000259. The number of nitrogens with zero attached hydrogens (tertiary/aromatic N) is 1. The highest BCUT2D eigenvalue weighted by Crippen LogP contribution is 2.30. The zero-order valence-corrected chi connectivity index (χ0v) is 20.8. The molecule has 3 aromatic carbocycles. The maximum absolute atomic E-state index is 13.2. The topological polar surface area (TPSA) is 112 Å². The van der Waals surface area contributed by atoms with Crippen molar-refractivity contribution in [3.8, 4) is 5.75 Å². The number of hydrogen-bond acceptors (Lipinski definition) is 7. The van der Waals surface area contributed by atoms with E-state index in [0.717, 1.165) is 15.1 Å². The Morgan fingerprint density at radius 3 is 2.03 bits per heavy atom. The summed E-state index contributed by atoms with van der Waals surface area (Å²) in [4.78, 5) is 0.148. The summed E-state index contributed by atoms with van der Waals surface area (Å²) in [5.41, 5.74) is 2.23. The van der Waals surface area contributed by atoms with Gasteiger partial charge in [-0.2, -0.15) is 8.42 Å². The molecule has 10 heteroatoms. The first-order valence-electron chi connectivity index (χ1n) is 10.8. The normalized spacial score (nSPS) is 13.1. The van der Waals surface area contributed by atoms with Gasteiger partial charge in [-0.3, -0.25) is 4.18 Å². The van der Waals surface area contributed by atoms with E-state index in [-0.39, 0.29) is 15.5 Å². The van der Waals surface area contributed by atoms with E-state index in [1.165, 1.54) is 18.3 Å². The highest BCUT2D eigenvalue weighted by atomic mass is 32.2. The van der Waals surface area contributed by atoms with Crippen LogP contribution in [0.25, 0.3) is 10.9 Å². The van der Waals surface area contributed by atoms with Gasteiger partial charge in [-0.15, -0.1) is 0 Å². The van der Waals surface area contributed by atoms with Gasteiger partial charge >= 0.3 is 0 Å². The molecule has 0 saturated heterocycles. The Morgan fingerprint density at radius 1 is 0.829 bits per heavy atom. The Balaban J connectivity index is 1.56. The fraction of sp³-hybridized carbons (Fsp3) is 0.200. The minimum Gasteiger partial charge on any atom is -0.485 e. The van der Waals surface area contributed by atoms with Crippen LogP contribution in [0.15, 0.2) is 88.8 Å². The van der Waals surface area contributed by atoms with Crippen LogP contribution in [0.2, 0.25) is 0 Å². The van der Waals surface area contributed by atoms with E-state index in [4.69, 9.17) is 8.92 Å². The summed E-state index contributed by atoms with van der Waals surface area (Å²) in [5.74, 6) is 0.288. The second-order valence-corrected chi connectivity index (χ2v) is 11.5. The van der Waals surface area contributed by atoms with Gasteiger partial charge in [0.15, 0.2) is 0 Å². The molecule has 0 fully saturated rings. The molecule has 1 heterocycles. The number of hydrogen-bond donors (Lipinski definition) is 1. The van der Waals surface area contributed by atoms with E-state index in [1.54, 1.807) is 60.7 Å². The highest BCUT2D eigenvalue weighted by molar-refractivity contribution is 7.90. The Kier molecular flexibility index (Phi) is 7.00. The van der Waals surface area contributed by atoms with E-state index in [9.17, 15) is 21.9 Å². The molecule has 0 aliphatic rings. The summed E-state index contributed by atoms with van der Waals surface area (Å²) in [7, 11) is -7.89. The molecule has 1 atom stereocenters. The van der Waals surface area contributed by atoms with Gasteiger partial charge in [-0.25, -0.2) is 12.4 Å². The zero-order valence-electron chi connectivity index (χ0n) is 19.2. The molecule has 4 rings (SSSR count). The van der Waals surface area contributed by atoms with Crippen LogP contribution in [-0.4, -0.2) is 45.2 Å². The van der Waals surface area contributed by atoms with Crippen LogP contribution in [-0.2, 0) is 24.3 Å². The van der Waals surface area contributed by atoms with Crippen molar-refractivity contribution in [2.24, 2.45) is 0 Å². The first-order valence-corrected chi connectivity index (χ1v) is 13.6. The van der Waals surface area contributed by atoms with Crippen LogP contribution >= 0.6 is 0 Å². The summed E-state index contributed by atoms with van der Waals surface area (Å²) in [5, 5.41) is 10.3. The third kappa shape index (κ3) is 5.25. The maximum atomic E-state index is 13.2. The summed E-state index contributed by atoms with van der Waals surface area (Å²) in [6.07, 6.45) is 0.428. The van der Waals surface area contributed by atoms with Crippen molar-refractivity contribution in [1.82, 2.24) is 3.97 Å². The fourth-order valence-electron chi connectivity index (χ4n) is 3.49. The molecule has 0 bridgehead atoms. The molecule has 1 N–H and O–H groups in total. The maximum Gasteiger partial charge on any atom is 0.297 e. The van der Waals surface area contributed by atoms with Gasteiger partial charge in [0.1, 0.15) is 18.5 Å². The van der Waals surface area contributed by atoms with Crippen LogP contribution in [0.3, 0.4) is 0 Å². The van der Waals surface area contributed by atoms with Crippen molar-refractivity contribution in [2.75, 3.05) is 13.2 Å². The second kappa shape index (κ2) is 9.82. The van der Waals surface area contributed by atoms with E-state index in [1.807, 2.05) is 13.8 Å². The Bertz CT molecular complexity index is 1540. The molecule has 0 spiro atoms. The average Bonchev–Trinajstić information content (AvgIpc) is 3.28. The van der Waals surface area contributed by atoms with Crippen LogP contribution in [0.5, 0.6) is 5.75 Å². The second-order valence-electron chi connectivity index (χ2n) is 8.09. The van der Waals surface area contributed by atoms with Gasteiger partial charge in [0.2, 0.25) is 0 Å². The van der Waals surface area contributed by atoms with Gasteiger partial charge < -0.3 is 9.84 Å². The van der Waals surface area contributed by atoms with Crippen LogP contribution in [0, 0.1) is 13.8 Å². The van der Waals surface area contributed by atoms with E-state index >= 15 is 0 Å². The number of aliphatic hydroxyl groups is 1. The Labute approximate surface area is 204 Å². The lowest BCUT2D eigenvalue weighted by Gasteiger charge is -2.18. The van der Waals surface area contributed by atoms with Gasteiger partial charge in [0.25, 0.3) is 20.1 Å². The summed E-state index contributed by atoms with van der Waals surface area (Å²) >= 11 is 0. The van der Waals surface area contributed by atoms with Gasteiger partial charge in [0.05, 0.1) is 21.9 Å². The van der Waals surface area contributed by atoms with Crippen molar-refractivity contribution in [3.05, 3.63) is 90.1 Å². The quantitative estimate of drug-likeness (QED) is 0.339. The highest BCUT2D eigenvalue weighted by Gasteiger charge is 2.22. The molecule has 1 aromatic heterocycles. The summed E-state index contributed by atoms with van der Waals surface area (Å²) in [6.45, 7) is 2.78. The number of rotatable bonds is 9. The molecular formula is C25H25NO7S2. The molecular weight excluding hydrogens is 490 g/mol. The lowest BCUT2D eigenvalue weighted by molar-refractivity contribution is 0.0752. The van der Waals surface area contributed by atoms with Crippen molar-refractivity contribution in [3.63, 3.8) is 0 Å². The largest absolute Gasteiger partial charge is 0.485 e. The van der Waals surface area contributed by atoms with Crippen LogP contribution in [0.1, 0.15) is 11.1 Å². The van der Waals surface area contributed by atoms with Crippen molar-refractivity contribution < 1.29 is 30.9 Å². The molecule has 8 nitrogen and oxygen atoms in total. The number of benzene rings is 3. The molecule has 184 valence electrons. The third-order valence-electron chi connectivity index (χ3n) is 5.45. The molecule has 0 saturated carbocycles. The van der Waals surface area contributed by atoms with E-state index < -0.39 is 39.5 Å². The minimum atomic E-state index is -4.04. The number of aryl methyl sites for hydroxylation is 2. The lowest BCUT2D eigenvalue weighted by atomic mass is 10.2. The monoisotopic (exact) mass is 515 g/mol. The standard InChI is InChI=1S/C25H25NO7S2/c1-18-6-10-21(11-7-18)34(28,29)26-15-14-23-24(26)4-3-5-25(23)33-20(16-27)17-32-35(30,31)22-12-8-19(2)9-13-22/h3-15,20,27H,16-17H2,1-2H3/t20-/m1/s1. The SMILES string of the molecule is Cc1ccc(S(=O)(=O)OC[C@@H](CO)Oc2cccc3c2ccn3S(=O)(=O)c2ccc(C)cc2)cc1. The Hall–Kier alpha value is -3.18. The molecule has 0 radical (unpaired) electrons. The number of aliphatic hydroxyl groups excluding tert-OH is 1. The lowest BCUT2D eigenvalue weighted by Crippen LogP contribution is -2.28. The van der Waals surface area contributed by atoms with Crippen LogP contribution in [0.4, 0.5) is 0 Å². The average molecular weight is 516 g/mol. The van der Waals surface area contributed by atoms with E-state index in [2.05, 4.69) is 0 Å². The zero-order chi connectivity index (χ0) is 25.2. The molecule has 35 heavy (non-hydrogen) atoms. The predicted octanol–water partition coefficient (Wildman–Crippen LogP) is 3.64.